The standard InChI is InChI=1S/C31H29NO/c1-31(2,24-10-6-7-11-24)25-16-17-32-28(20-25)23-13-15-29-27(18-23)26-14-12-22(19-30(26)33-29)21-8-4-3-5-9-21/h3-5,8-9,12-20,24H,6-7,10-11H2,1-2H3. The van der Waals surface area contributed by atoms with Crippen LogP contribution < -0.4 is 0 Å². The highest BCUT2D eigenvalue weighted by molar-refractivity contribution is 6.07. The van der Waals surface area contributed by atoms with Crippen molar-refractivity contribution in [2.75, 3.05) is 0 Å². The summed E-state index contributed by atoms with van der Waals surface area (Å²) in [6, 6.07) is 27.9. The van der Waals surface area contributed by atoms with Gasteiger partial charge in [0.1, 0.15) is 11.2 Å². The molecule has 164 valence electrons. The predicted molar refractivity (Wildman–Crippen MR) is 137 cm³/mol. The fourth-order valence-electron chi connectivity index (χ4n) is 5.62. The lowest BCUT2D eigenvalue weighted by Crippen LogP contribution is -2.26. The summed E-state index contributed by atoms with van der Waals surface area (Å²) in [5.41, 5.74) is 7.96. The molecule has 0 spiro atoms. The Morgan fingerprint density at radius 3 is 2.33 bits per heavy atom. The number of rotatable bonds is 4. The monoisotopic (exact) mass is 431 g/mol. The molecule has 2 heterocycles. The third-order valence-electron chi connectivity index (χ3n) is 7.75. The summed E-state index contributed by atoms with van der Waals surface area (Å²) in [5, 5.41) is 2.29. The van der Waals surface area contributed by atoms with E-state index in [4.69, 9.17) is 9.40 Å². The minimum absolute atomic E-state index is 0.175. The third-order valence-corrected chi connectivity index (χ3v) is 7.75. The van der Waals surface area contributed by atoms with E-state index in [1.807, 2.05) is 12.3 Å². The number of aromatic nitrogens is 1. The molecule has 33 heavy (non-hydrogen) atoms. The molecule has 0 atom stereocenters. The number of furan rings is 1. The average molecular weight is 432 g/mol. The van der Waals surface area contributed by atoms with Gasteiger partial charge in [-0.15, -0.1) is 0 Å². The highest BCUT2D eigenvalue weighted by Crippen LogP contribution is 2.42. The van der Waals surface area contributed by atoms with Gasteiger partial charge in [-0.3, -0.25) is 4.98 Å². The van der Waals surface area contributed by atoms with Crippen molar-refractivity contribution >= 4 is 21.9 Å². The number of fused-ring (bicyclic) bond motifs is 3. The molecule has 0 N–H and O–H groups in total. The molecule has 1 fully saturated rings. The van der Waals surface area contributed by atoms with Crippen LogP contribution in [-0.2, 0) is 5.41 Å². The van der Waals surface area contributed by atoms with Crippen molar-refractivity contribution in [3.05, 3.63) is 90.6 Å². The van der Waals surface area contributed by atoms with Crippen LogP contribution in [0, 0.1) is 5.92 Å². The van der Waals surface area contributed by atoms with E-state index in [-0.39, 0.29) is 5.41 Å². The fourth-order valence-corrected chi connectivity index (χ4v) is 5.62. The van der Waals surface area contributed by atoms with Crippen LogP contribution in [0.2, 0.25) is 0 Å². The zero-order chi connectivity index (χ0) is 22.4. The summed E-state index contributed by atoms with van der Waals surface area (Å²) in [4.78, 5) is 4.74. The Morgan fingerprint density at radius 2 is 1.52 bits per heavy atom. The maximum atomic E-state index is 6.23. The predicted octanol–water partition coefficient (Wildman–Crippen LogP) is 8.78. The molecule has 1 aliphatic carbocycles. The van der Waals surface area contributed by atoms with E-state index in [1.165, 1.54) is 42.4 Å². The van der Waals surface area contributed by atoms with Gasteiger partial charge >= 0.3 is 0 Å². The van der Waals surface area contributed by atoms with Gasteiger partial charge in [-0.05, 0) is 83.3 Å². The maximum absolute atomic E-state index is 6.23. The van der Waals surface area contributed by atoms with Gasteiger partial charge in [0.2, 0.25) is 0 Å². The quantitative estimate of drug-likeness (QED) is 0.284. The molecule has 3 aromatic carbocycles. The number of hydrogen-bond acceptors (Lipinski definition) is 2. The van der Waals surface area contributed by atoms with Crippen LogP contribution in [0.3, 0.4) is 0 Å². The molecule has 0 unspecified atom stereocenters. The largest absolute Gasteiger partial charge is 0.456 e. The van der Waals surface area contributed by atoms with E-state index in [2.05, 4.69) is 86.6 Å². The first kappa shape index (κ1) is 20.2. The van der Waals surface area contributed by atoms with Crippen LogP contribution in [0.1, 0.15) is 45.1 Å². The van der Waals surface area contributed by atoms with Crippen LogP contribution in [-0.4, -0.2) is 4.98 Å². The Hall–Kier alpha value is -3.39. The smallest absolute Gasteiger partial charge is 0.136 e. The van der Waals surface area contributed by atoms with Crippen LogP contribution in [0.15, 0.2) is 89.5 Å². The molecular formula is C31H29NO. The maximum Gasteiger partial charge on any atom is 0.136 e. The molecule has 0 aliphatic heterocycles. The molecule has 0 saturated heterocycles. The number of hydrogen-bond donors (Lipinski definition) is 0. The second-order valence-electron chi connectivity index (χ2n) is 10.0. The molecule has 2 nitrogen and oxygen atoms in total. The van der Waals surface area contributed by atoms with E-state index in [0.29, 0.717) is 0 Å². The lowest BCUT2D eigenvalue weighted by molar-refractivity contribution is 0.325. The molecule has 0 bridgehead atoms. The number of pyridine rings is 1. The van der Waals surface area contributed by atoms with Crippen molar-refractivity contribution < 1.29 is 4.42 Å². The van der Waals surface area contributed by atoms with Crippen molar-refractivity contribution in [3.63, 3.8) is 0 Å². The van der Waals surface area contributed by atoms with Crippen LogP contribution >= 0.6 is 0 Å². The number of benzene rings is 3. The molecule has 1 aliphatic rings. The highest BCUT2D eigenvalue weighted by atomic mass is 16.3. The van der Waals surface area contributed by atoms with Crippen molar-refractivity contribution in [3.8, 4) is 22.4 Å². The van der Waals surface area contributed by atoms with E-state index < -0.39 is 0 Å². The van der Waals surface area contributed by atoms with Gasteiger partial charge in [-0.1, -0.05) is 63.1 Å². The van der Waals surface area contributed by atoms with E-state index in [1.54, 1.807) is 0 Å². The topological polar surface area (TPSA) is 26.0 Å². The second-order valence-corrected chi connectivity index (χ2v) is 10.0. The van der Waals surface area contributed by atoms with E-state index >= 15 is 0 Å². The zero-order valence-electron chi connectivity index (χ0n) is 19.3. The van der Waals surface area contributed by atoms with Crippen molar-refractivity contribution in [1.29, 1.82) is 0 Å². The molecular weight excluding hydrogens is 402 g/mol. The van der Waals surface area contributed by atoms with Crippen molar-refractivity contribution in [1.82, 2.24) is 4.98 Å². The zero-order valence-corrected chi connectivity index (χ0v) is 19.3. The summed E-state index contributed by atoms with van der Waals surface area (Å²) in [7, 11) is 0. The van der Waals surface area contributed by atoms with Crippen LogP contribution in [0.25, 0.3) is 44.3 Å². The Labute approximate surface area is 195 Å². The van der Waals surface area contributed by atoms with Crippen molar-refractivity contribution in [2.24, 2.45) is 5.92 Å². The Balaban J connectivity index is 1.40. The van der Waals surface area contributed by atoms with Gasteiger partial charge in [0.15, 0.2) is 0 Å². The summed E-state index contributed by atoms with van der Waals surface area (Å²) in [6.07, 6.45) is 7.38. The molecule has 5 aromatic rings. The first-order chi connectivity index (χ1) is 16.1. The van der Waals surface area contributed by atoms with E-state index in [0.717, 1.165) is 39.1 Å². The first-order valence-corrected chi connectivity index (χ1v) is 12.1. The Morgan fingerprint density at radius 1 is 0.727 bits per heavy atom. The minimum Gasteiger partial charge on any atom is -0.456 e. The average Bonchev–Trinajstić information content (AvgIpc) is 3.53. The first-order valence-electron chi connectivity index (χ1n) is 12.1. The highest BCUT2D eigenvalue weighted by Gasteiger charge is 2.33. The van der Waals surface area contributed by atoms with Crippen molar-refractivity contribution in [2.45, 2.75) is 44.9 Å². The van der Waals surface area contributed by atoms with Crippen LogP contribution in [0.5, 0.6) is 0 Å². The molecule has 1 saturated carbocycles. The SMILES string of the molecule is CC(C)(c1ccnc(-c2ccc3oc4cc(-c5ccccc5)ccc4c3c2)c1)C1CCCC1. The summed E-state index contributed by atoms with van der Waals surface area (Å²) < 4.78 is 6.23. The van der Waals surface area contributed by atoms with Crippen LogP contribution in [0.4, 0.5) is 0 Å². The summed E-state index contributed by atoms with van der Waals surface area (Å²) in [5.74, 6) is 0.756. The van der Waals surface area contributed by atoms with Gasteiger partial charge in [0.25, 0.3) is 0 Å². The molecule has 0 amide bonds. The summed E-state index contributed by atoms with van der Waals surface area (Å²) in [6.45, 7) is 4.80. The van der Waals surface area contributed by atoms with Gasteiger partial charge in [0, 0.05) is 22.5 Å². The molecule has 2 heteroatoms. The normalized spacial score (nSPS) is 15.0. The summed E-state index contributed by atoms with van der Waals surface area (Å²) >= 11 is 0. The molecule has 0 radical (unpaired) electrons. The van der Waals surface area contributed by atoms with Gasteiger partial charge < -0.3 is 4.42 Å². The lowest BCUT2D eigenvalue weighted by Gasteiger charge is -2.32. The van der Waals surface area contributed by atoms with Gasteiger partial charge in [-0.2, -0.15) is 0 Å². The Bertz CT molecular complexity index is 1440. The fraction of sp³-hybridized carbons (Fsp3) is 0.258. The Kier molecular flexibility index (Phi) is 4.83. The molecule has 6 rings (SSSR count). The number of nitrogens with zero attached hydrogens (tertiary/aromatic N) is 1. The van der Waals surface area contributed by atoms with Gasteiger partial charge in [0.05, 0.1) is 5.69 Å². The minimum atomic E-state index is 0.175. The lowest BCUT2D eigenvalue weighted by atomic mass is 9.72. The van der Waals surface area contributed by atoms with E-state index in [9.17, 15) is 0 Å². The third kappa shape index (κ3) is 3.54. The molecule has 2 aromatic heterocycles. The van der Waals surface area contributed by atoms with Gasteiger partial charge in [-0.25, -0.2) is 0 Å². The second kappa shape index (κ2) is 7.88.